The molecule has 0 spiro atoms. The molecule has 0 radical (unpaired) electrons. The predicted octanol–water partition coefficient (Wildman–Crippen LogP) is 4.24. The fraction of sp³-hybridized carbons (Fsp3) is 0.400. The molecule has 2 aromatic carbocycles. The molecule has 1 unspecified atom stereocenters. The number of halogens is 2. The van der Waals surface area contributed by atoms with Gasteiger partial charge in [0, 0.05) is 42.8 Å². The quantitative estimate of drug-likeness (QED) is 0.341. The minimum absolute atomic E-state index is 0.282. The lowest BCUT2D eigenvalue weighted by Crippen LogP contribution is -2.46. The largest absolute Gasteiger partial charge is 0.473 e. The third-order valence-electron chi connectivity index (χ3n) is 5.92. The summed E-state index contributed by atoms with van der Waals surface area (Å²) in [6, 6.07) is 14.1. The maximum atomic E-state index is 10.4. The van der Waals surface area contributed by atoms with Crippen LogP contribution in [0.3, 0.4) is 0 Å². The second kappa shape index (κ2) is 13.9. The third-order valence-corrected chi connectivity index (χ3v) is 7.64. The molecule has 1 aliphatic rings. The van der Waals surface area contributed by atoms with E-state index in [2.05, 4.69) is 35.0 Å². The molecule has 1 aliphatic heterocycles. The Morgan fingerprint density at radius 2 is 1.84 bits per heavy atom. The maximum absolute atomic E-state index is 10.4. The first-order valence-electron chi connectivity index (χ1n) is 11.6. The van der Waals surface area contributed by atoms with E-state index >= 15 is 0 Å². The van der Waals surface area contributed by atoms with E-state index in [0.717, 1.165) is 42.1 Å². The molecule has 0 amide bonds. The van der Waals surface area contributed by atoms with Crippen molar-refractivity contribution in [3.05, 3.63) is 58.1 Å². The number of likely N-dealkylation sites (tertiary alicyclic amines) is 1. The van der Waals surface area contributed by atoms with Crippen molar-refractivity contribution in [2.24, 2.45) is 0 Å². The lowest BCUT2D eigenvalue weighted by Gasteiger charge is -2.37. The molecule has 0 bridgehead atoms. The molecule has 1 saturated heterocycles. The molecule has 0 saturated carbocycles. The minimum Gasteiger partial charge on any atom is -0.473 e. The number of aliphatic carboxylic acids is 2. The van der Waals surface area contributed by atoms with Crippen molar-refractivity contribution in [1.82, 2.24) is 9.88 Å². The fourth-order valence-electron chi connectivity index (χ4n) is 3.95. The topological polar surface area (TPSA) is 123 Å². The zero-order valence-electron chi connectivity index (χ0n) is 20.2. The molecule has 1 fully saturated rings. The number of aliphatic hydroxyl groups is 1. The van der Waals surface area contributed by atoms with E-state index in [1.165, 1.54) is 4.70 Å². The van der Waals surface area contributed by atoms with Gasteiger partial charge in [-0.25, -0.2) is 14.6 Å². The van der Waals surface area contributed by atoms with E-state index < -0.39 is 18.0 Å². The van der Waals surface area contributed by atoms with Gasteiger partial charge in [0.15, 0.2) is 5.13 Å². The van der Waals surface area contributed by atoms with Crippen LogP contribution in [0.4, 0.5) is 5.13 Å². The number of aliphatic hydroxyl groups excluding tert-OH is 1. The van der Waals surface area contributed by atoms with Gasteiger partial charge in [-0.05, 0) is 42.7 Å². The number of carboxylic acids is 2. The number of nitrogens with zero attached hydrogens (tertiary/aromatic N) is 3. The highest BCUT2D eigenvalue weighted by atomic mass is 35.5. The normalized spacial score (nSPS) is 15.1. The number of anilines is 1. The summed E-state index contributed by atoms with van der Waals surface area (Å²) >= 11 is 13.8. The number of hydrogen-bond acceptors (Lipinski definition) is 8. The number of rotatable bonds is 8. The van der Waals surface area contributed by atoms with E-state index in [4.69, 9.17) is 52.7 Å². The molecule has 1 atom stereocenters. The summed E-state index contributed by atoms with van der Waals surface area (Å²) in [5.41, 5.74) is 1.94. The monoisotopic (exact) mass is 569 g/mol. The second-order valence-corrected chi connectivity index (χ2v) is 10.5. The molecule has 9 nitrogen and oxygen atoms in total. The molecule has 3 N–H and O–H groups in total. The number of piperidine rings is 1. The average molecular weight is 570 g/mol. The zero-order chi connectivity index (χ0) is 26.9. The Labute approximate surface area is 228 Å². The molecule has 0 aliphatic carbocycles. The molecule has 2 heterocycles. The predicted molar refractivity (Wildman–Crippen MR) is 145 cm³/mol. The van der Waals surface area contributed by atoms with E-state index in [1.807, 2.05) is 12.1 Å². The maximum Gasteiger partial charge on any atom is 0.414 e. The van der Waals surface area contributed by atoms with Gasteiger partial charge in [0.25, 0.3) is 0 Å². The minimum atomic E-state index is -1.82. The van der Waals surface area contributed by atoms with Gasteiger partial charge in [0.1, 0.15) is 0 Å². The van der Waals surface area contributed by atoms with Crippen molar-refractivity contribution in [3.63, 3.8) is 0 Å². The summed E-state index contributed by atoms with van der Waals surface area (Å²) in [7, 11) is 2.14. The van der Waals surface area contributed by atoms with Crippen molar-refractivity contribution in [2.75, 3.05) is 38.2 Å². The number of fused-ring (bicyclic) bond motifs is 1. The summed E-state index contributed by atoms with van der Waals surface area (Å²) in [6.45, 7) is 3.18. The summed E-state index contributed by atoms with van der Waals surface area (Å²) in [6.07, 6.45) is 1.59. The summed E-state index contributed by atoms with van der Waals surface area (Å²) in [5.74, 6) is -3.65. The van der Waals surface area contributed by atoms with E-state index in [9.17, 15) is 5.11 Å². The molecule has 3 aromatic rings. The van der Waals surface area contributed by atoms with Gasteiger partial charge in [0.05, 0.1) is 29.5 Å². The Morgan fingerprint density at radius 3 is 2.46 bits per heavy atom. The van der Waals surface area contributed by atoms with Gasteiger partial charge in [-0.2, -0.15) is 0 Å². The van der Waals surface area contributed by atoms with E-state index in [1.54, 1.807) is 23.5 Å². The molecule has 200 valence electrons. The van der Waals surface area contributed by atoms with E-state index in [-0.39, 0.29) is 6.61 Å². The van der Waals surface area contributed by atoms with Crippen LogP contribution in [0.15, 0.2) is 42.5 Å². The summed E-state index contributed by atoms with van der Waals surface area (Å²) in [5, 5.41) is 27.4. The number of benzene rings is 2. The molecule has 12 heteroatoms. The smallest absolute Gasteiger partial charge is 0.414 e. The Hall–Kier alpha value is -2.47. The highest BCUT2D eigenvalue weighted by Gasteiger charge is 2.25. The molecule has 37 heavy (non-hydrogen) atoms. The summed E-state index contributed by atoms with van der Waals surface area (Å²) < 4.78 is 6.90. The zero-order valence-corrected chi connectivity index (χ0v) is 22.5. The number of ether oxygens (including phenoxy) is 1. The van der Waals surface area contributed by atoms with Crippen LogP contribution in [0, 0.1) is 0 Å². The number of carboxylic acid groups (broad SMARTS) is 2. The van der Waals surface area contributed by atoms with Crippen LogP contribution in [0.5, 0.6) is 0 Å². The van der Waals surface area contributed by atoms with Crippen molar-refractivity contribution in [1.29, 1.82) is 0 Å². The average Bonchev–Trinajstić information content (AvgIpc) is 3.30. The number of thiazole rings is 1. The van der Waals surface area contributed by atoms with Crippen molar-refractivity contribution >= 4 is 61.8 Å². The molecule has 4 rings (SSSR count). The van der Waals surface area contributed by atoms with Gasteiger partial charge in [-0.3, -0.25) is 0 Å². The second-order valence-electron chi connectivity index (χ2n) is 8.62. The lowest BCUT2D eigenvalue weighted by atomic mass is 10.0. The Bertz CT molecular complexity index is 1160. The van der Waals surface area contributed by atoms with Crippen LogP contribution in [-0.4, -0.2) is 82.6 Å². The van der Waals surface area contributed by atoms with Crippen LogP contribution in [0.1, 0.15) is 18.4 Å². The highest BCUT2D eigenvalue weighted by molar-refractivity contribution is 7.22. The number of carbonyl (C=O) groups is 2. The van der Waals surface area contributed by atoms with Crippen LogP contribution < -0.4 is 4.90 Å². The van der Waals surface area contributed by atoms with Crippen LogP contribution >= 0.6 is 34.5 Å². The van der Waals surface area contributed by atoms with Gasteiger partial charge in [-0.15, -0.1) is 0 Å². The van der Waals surface area contributed by atoms with E-state index in [0.29, 0.717) is 29.2 Å². The van der Waals surface area contributed by atoms with Gasteiger partial charge >= 0.3 is 11.9 Å². The molecule has 1 aromatic heterocycles. The standard InChI is InChI=1S/C23H27Cl2N3O2S.C2H2O4/c1-27(23-26-21-4-2-3-5-22(21)31-23)18-8-10-28(11-9-18)13-19(29)15-30-14-16-6-7-17(24)12-20(16)25;3-1(4)2(5)6/h2-7,12,18-19,29H,8-11,13-15H2,1H3;(H,3,4)(H,5,6). The number of para-hydroxylation sites is 1. The van der Waals surface area contributed by atoms with Crippen molar-refractivity contribution < 1.29 is 29.6 Å². The lowest BCUT2D eigenvalue weighted by molar-refractivity contribution is -0.159. The fourth-order valence-corrected chi connectivity index (χ4v) is 5.41. The van der Waals surface area contributed by atoms with Gasteiger partial charge in [0.2, 0.25) is 0 Å². The number of aromatic nitrogens is 1. The van der Waals surface area contributed by atoms with Gasteiger partial charge in [-0.1, -0.05) is 52.7 Å². The van der Waals surface area contributed by atoms with Crippen molar-refractivity contribution in [2.45, 2.75) is 31.6 Å². The highest BCUT2D eigenvalue weighted by Crippen LogP contribution is 2.31. The Morgan fingerprint density at radius 1 is 1.16 bits per heavy atom. The molecular formula is C25H29Cl2N3O6S. The Kier molecular flexibility index (Phi) is 10.9. The number of hydrogen-bond donors (Lipinski definition) is 3. The first kappa shape index (κ1) is 29.1. The number of β-amino-alcohol motifs (C(OH)–C–C–N with tert-alkyl or cyclic N) is 1. The van der Waals surface area contributed by atoms with Gasteiger partial charge < -0.3 is 29.9 Å². The van der Waals surface area contributed by atoms with Crippen molar-refractivity contribution in [3.8, 4) is 0 Å². The molecular weight excluding hydrogens is 541 g/mol. The summed E-state index contributed by atoms with van der Waals surface area (Å²) in [4.78, 5) is 27.6. The Balaban J connectivity index is 0.000000568. The van der Waals surface area contributed by atoms with Crippen LogP contribution in [0.2, 0.25) is 10.0 Å². The third kappa shape index (κ3) is 8.80. The SMILES string of the molecule is CN(c1nc2ccccc2s1)C1CCN(CC(O)COCc2ccc(Cl)cc2Cl)CC1.O=C(O)C(=O)O. The first-order valence-corrected chi connectivity index (χ1v) is 13.2. The van der Waals surface area contributed by atoms with Crippen LogP contribution in [-0.2, 0) is 20.9 Å². The first-order chi connectivity index (χ1) is 17.6. The van der Waals surface area contributed by atoms with Crippen LogP contribution in [0.25, 0.3) is 10.2 Å².